The summed E-state index contributed by atoms with van der Waals surface area (Å²) in [5, 5.41) is 5.93. The molecule has 0 aromatic heterocycles. The Bertz CT molecular complexity index is 849. The third-order valence-corrected chi connectivity index (χ3v) is 5.56. The molecule has 0 unspecified atom stereocenters. The van der Waals surface area contributed by atoms with Crippen LogP contribution in [0.1, 0.15) is 18.1 Å². The highest BCUT2D eigenvalue weighted by Gasteiger charge is 2.26. The predicted molar refractivity (Wildman–Crippen MR) is 114 cm³/mol. The summed E-state index contributed by atoms with van der Waals surface area (Å²) in [6.45, 7) is 6.80. The van der Waals surface area contributed by atoms with Crippen molar-refractivity contribution >= 4 is 17.5 Å². The number of para-hydroxylation sites is 1. The zero-order chi connectivity index (χ0) is 21.3. The van der Waals surface area contributed by atoms with Gasteiger partial charge in [0, 0.05) is 12.2 Å². The van der Waals surface area contributed by atoms with Crippen molar-refractivity contribution in [2.75, 3.05) is 44.6 Å². The van der Waals surface area contributed by atoms with Crippen molar-refractivity contribution in [1.29, 1.82) is 0 Å². The number of hydrogen-bond donors (Lipinski definition) is 4. The topological polar surface area (TPSA) is 67.1 Å². The van der Waals surface area contributed by atoms with Gasteiger partial charge in [-0.25, -0.2) is 4.39 Å². The van der Waals surface area contributed by atoms with Gasteiger partial charge in [0.15, 0.2) is 13.1 Å². The van der Waals surface area contributed by atoms with E-state index >= 15 is 0 Å². The molecule has 2 amide bonds. The Kier molecular flexibility index (Phi) is 7.93. The van der Waals surface area contributed by atoms with Gasteiger partial charge in [-0.05, 0) is 35.7 Å². The Hall–Kier alpha value is -2.77. The summed E-state index contributed by atoms with van der Waals surface area (Å²) in [6, 6.07) is 14.0. The number of rotatable bonds is 8. The number of piperazine rings is 1. The van der Waals surface area contributed by atoms with E-state index < -0.39 is 0 Å². The zero-order valence-corrected chi connectivity index (χ0v) is 17.5. The molecule has 1 fully saturated rings. The van der Waals surface area contributed by atoms with Gasteiger partial charge in [0.1, 0.15) is 32.0 Å². The monoisotopic (exact) mass is 414 g/mol. The van der Waals surface area contributed by atoms with Crippen molar-refractivity contribution in [3.05, 3.63) is 65.5 Å². The first-order chi connectivity index (χ1) is 14.5. The van der Waals surface area contributed by atoms with Crippen LogP contribution in [-0.4, -0.2) is 51.1 Å². The third kappa shape index (κ3) is 6.64. The second-order valence-electron chi connectivity index (χ2n) is 7.82. The number of benzene rings is 2. The Morgan fingerprint density at radius 1 is 0.900 bits per heavy atom. The molecule has 7 heteroatoms. The van der Waals surface area contributed by atoms with E-state index in [4.69, 9.17) is 0 Å². The van der Waals surface area contributed by atoms with E-state index in [1.165, 1.54) is 21.9 Å². The van der Waals surface area contributed by atoms with Gasteiger partial charge in [-0.2, -0.15) is 0 Å². The maximum Gasteiger partial charge on any atom is 0.279 e. The second kappa shape index (κ2) is 10.8. The van der Waals surface area contributed by atoms with Crippen molar-refractivity contribution < 1.29 is 23.8 Å². The summed E-state index contributed by atoms with van der Waals surface area (Å²) >= 11 is 0. The number of anilines is 1. The summed E-state index contributed by atoms with van der Waals surface area (Å²) in [6.07, 6.45) is 0.884. The van der Waals surface area contributed by atoms with Gasteiger partial charge in [0.25, 0.3) is 11.8 Å². The molecule has 0 atom stereocenters. The molecule has 30 heavy (non-hydrogen) atoms. The fraction of sp³-hybridized carbons (Fsp3) is 0.391. The van der Waals surface area contributed by atoms with E-state index in [-0.39, 0.29) is 17.6 Å². The molecule has 0 bridgehead atoms. The van der Waals surface area contributed by atoms with Crippen LogP contribution in [0.3, 0.4) is 0 Å². The highest BCUT2D eigenvalue weighted by molar-refractivity contribution is 5.92. The molecular formula is C23H31FN4O2+2. The van der Waals surface area contributed by atoms with Gasteiger partial charge in [0.2, 0.25) is 0 Å². The Morgan fingerprint density at radius 2 is 1.50 bits per heavy atom. The summed E-state index contributed by atoms with van der Waals surface area (Å²) in [5.41, 5.74) is 2.91. The van der Waals surface area contributed by atoms with E-state index in [0.29, 0.717) is 19.6 Å². The quantitative estimate of drug-likeness (QED) is 0.467. The van der Waals surface area contributed by atoms with Crippen LogP contribution in [0, 0.1) is 5.82 Å². The number of halogens is 1. The molecule has 2 aromatic rings. The van der Waals surface area contributed by atoms with Crippen LogP contribution in [0.5, 0.6) is 0 Å². The summed E-state index contributed by atoms with van der Waals surface area (Å²) in [7, 11) is 0. The van der Waals surface area contributed by atoms with Gasteiger partial charge >= 0.3 is 0 Å². The molecule has 1 aliphatic heterocycles. The molecule has 0 radical (unpaired) electrons. The van der Waals surface area contributed by atoms with Gasteiger partial charge in [-0.1, -0.05) is 37.3 Å². The lowest BCUT2D eigenvalue weighted by Gasteiger charge is -2.29. The third-order valence-electron chi connectivity index (χ3n) is 5.56. The van der Waals surface area contributed by atoms with Crippen molar-refractivity contribution in [1.82, 2.24) is 5.32 Å². The number of aryl methyl sites for hydroxylation is 1. The van der Waals surface area contributed by atoms with Crippen LogP contribution in [0.4, 0.5) is 10.1 Å². The van der Waals surface area contributed by atoms with Crippen molar-refractivity contribution in [2.24, 2.45) is 0 Å². The second-order valence-corrected chi connectivity index (χ2v) is 7.82. The molecule has 1 saturated heterocycles. The van der Waals surface area contributed by atoms with Crippen LogP contribution in [0.25, 0.3) is 0 Å². The minimum Gasteiger partial charge on any atom is -0.347 e. The predicted octanol–water partition coefficient (Wildman–Crippen LogP) is -0.574. The normalized spacial score (nSPS) is 18.6. The average molecular weight is 415 g/mol. The molecule has 1 heterocycles. The zero-order valence-electron chi connectivity index (χ0n) is 17.5. The number of carbonyl (C=O) groups is 2. The van der Waals surface area contributed by atoms with Crippen LogP contribution in [0.15, 0.2) is 48.5 Å². The number of carbonyl (C=O) groups excluding carboxylic acids is 2. The first-order valence-corrected chi connectivity index (χ1v) is 10.6. The molecule has 3 rings (SSSR count). The van der Waals surface area contributed by atoms with E-state index in [9.17, 15) is 14.0 Å². The molecule has 160 valence electrons. The fourth-order valence-electron chi connectivity index (χ4n) is 3.78. The fourth-order valence-corrected chi connectivity index (χ4v) is 3.78. The molecule has 4 N–H and O–H groups in total. The summed E-state index contributed by atoms with van der Waals surface area (Å²) < 4.78 is 12.9. The van der Waals surface area contributed by atoms with E-state index in [1.807, 2.05) is 24.3 Å². The van der Waals surface area contributed by atoms with Gasteiger partial charge in [-0.15, -0.1) is 0 Å². The first-order valence-electron chi connectivity index (χ1n) is 10.6. The molecule has 0 aliphatic carbocycles. The van der Waals surface area contributed by atoms with Crippen LogP contribution in [-0.2, 0) is 22.6 Å². The van der Waals surface area contributed by atoms with Gasteiger partial charge in [0.05, 0.1) is 0 Å². The smallest absolute Gasteiger partial charge is 0.279 e. The van der Waals surface area contributed by atoms with Crippen molar-refractivity contribution in [3.8, 4) is 0 Å². The minimum absolute atomic E-state index is 0.00769. The van der Waals surface area contributed by atoms with Crippen LogP contribution < -0.4 is 20.4 Å². The number of hydrogen-bond acceptors (Lipinski definition) is 2. The lowest BCUT2D eigenvalue weighted by Crippen LogP contribution is -3.28. The maximum atomic E-state index is 12.9. The largest absolute Gasteiger partial charge is 0.347 e. The first kappa shape index (κ1) is 21.9. The SMILES string of the molecule is CCc1ccccc1NC(=O)C[NH+]1CC[NH+](CC(=O)NCc2ccc(F)cc2)CC1. The number of nitrogens with one attached hydrogen (secondary N) is 4. The summed E-state index contributed by atoms with van der Waals surface area (Å²) in [5.74, 6) is -0.253. The number of amides is 2. The van der Waals surface area contributed by atoms with Gasteiger partial charge in [-0.3, -0.25) is 9.59 Å². The highest BCUT2D eigenvalue weighted by Crippen LogP contribution is 2.14. The maximum absolute atomic E-state index is 12.9. The van der Waals surface area contributed by atoms with Crippen molar-refractivity contribution in [2.45, 2.75) is 19.9 Å². The summed E-state index contributed by atoms with van der Waals surface area (Å²) in [4.78, 5) is 27.1. The Labute approximate surface area is 177 Å². The Balaban J connectivity index is 1.36. The van der Waals surface area contributed by atoms with Gasteiger partial charge < -0.3 is 20.4 Å². The minimum atomic E-state index is -0.279. The molecule has 6 nitrogen and oxygen atoms in total. The van der Waals surface area contributed by atoms with Crippen LogP contribution in [0.2, 0.25) is 0 Å². The van der Waals surface area contributed by atoms with Crippen molar-refractivity contribution in [3.63, 3.8) is 0 Å². The molecule has 0 saturated carbocycles. The molecule has 2 aromatic carbocycles. The average Bonchev–Trinajstić information content (AvgIpc) is 2.75. The number of quaternary nitrogens is 2. The van der Waals surface area contributed by atoms with E-state index in [2.05, 4.69) is 17.6 Å². The highest BCUT2D eigenvalue weighted by atomic mass is 19.1. The molecular weight excluding hydrogens is 383 g/mol. The van der Waals surface area contributed by atoms with E-state index in [1.54, 1.807) is 12.1 Å². The lowest BCUT2D eigenvalue weighted by atomic mass is 10.1. The Morgan fingerprint density at radius 3 is 2.13 bits per heavy atom. The van der Waals surface area contributed by atoms with Crippen LogP contribution >= 0.6 is 0 Å². The van der Waals surface area contributed by atoms with E-state index in [0.717, 1.165) is 49.4 Å². The standard InChI is InChI=1S/C23H29FN4O2/c1-2-19-5-3-4-6-21(19)26-23(30)17-28-13-11-27(12-14-28)16-22(29)25-15-18-7-9-20(24)10-8-18/h3-10H,2,11-17H2,1H3,(H,25,29)(H,26,30)/p+2. The molecule has 0 spiro atoms. The molecule has 1 aliphatic rings. The lowest BCUT2D eigenvalue weighted by molar-refractivity contribution is -1.00.